The SMILES string of the molecule is O=C(c1ccc([N+](=O)[O-])cc1)N1CCN(Cc2nnnn2-c2ccc(F)c(F)c2)CC1. The van der Waals surface area contributed by atoms with Crippen molar-refractivity contribution in [2.45, 2.75) is 6.54 Å². The zero-order valence-corrected chi connectivity index (χ0v) is 16.2. The summed E-state index contributed by atoms with van der Waals surface area (Å²) >= 11 is 0. The fourth-order valence-corrected chi connectivity index (χ4v) is 3.34. The summed E-state index contributed by atoms with van der Waals surface area (Å²) in [5.74, 6) is -1.67. The van der Waals surface area contributed by atoms with Gasteiger partial charge in [-0.2, -0.15) is 4.68 Å². The number of non-ortho nitro benzene ring substituents is 1. The molecule has 1 aliphatic heterocycles. The largest absolute Gasteiger partial charge is 0.336 e. The zero-order valence-electron chi connectivity index (χ0n) is 16.2. The van der Waals surface area contributed by atoms with Crippen LogP contribution in [0.2, 0.25) is 0 Å². The minimum atomic E-state index is -0.989. The maximum Gasteiger partial charge on any atom is 0.269 e. The van der Waals surface area contributed by atoms with Crippen molar-refractivity contribution in [2.24, 2.45) is 0 Å². The molecule has 1 aliphatic rings. The Morgan fingerprint density at radius 3 is 2.39 bits per heavy atom. The molecule has 31 heavy (non-hydrogen) atoms. The van der Waals surface area contributed by atoms with E-state index in [2.05, 4.69) is 15.5 Å². The van der Waals surface area contributed by atoms with Crippen molar-refractivity contribution in [2.75, 3.05) is 26.2 Å². The topological polar surface area (TPSA) is 110 Å². The number of carbonyl (C=O) groups excluding carboxylic acids is 1. The third kappa shape index (κ3) is 4.38. The molecule has 160 valence electrons. The molecule has 0 aliphatic carbocycles. The number of benzene rings is 2. The van der Waals surface area contributed by atoms with E-state index in [1.165, 1.54) is 35.0 Å². The lowest BCUT2D eigenvalue weighted by Crippen LogP contribution is -2.48. The van der Waals surface area contributed by atoms with Crippen LogP contribution in [0.4, 0.5) is 14.5 Å². The van der Waals surface area contributed by atoms with Crippen molar-refractivity contribution in [3.8, 4) is 5.69 Å². The van der Waals surface area contributed by atoms with Gasteiger partial charge in [0.2, 0.25) is 0 Å². The Labute approximate surface area is 174 Å². The predicted molar refractivity (Wildman–Crippen MR) is 103 cm³/mol. The average molecular weight is 429 g/mol. The van der Waals surface area contributed by atoms with Crippen molar-refractivity contribution in [1.29, 1.82) is 0 Å². The molecule has 4 rings (SSSR count). The van der Waals surface area contributed by atoms with Gasteiger partial charge in [0, 0.05) is 49.9 Å². The Balaban J connectivity index is 1.38. The van der Waals surface area contributed by atoms with E-state index in [9.17, 15) is 23.7 Å². The molecule has 2 aromatic carbocycles. The van der Waals surface area contributed by atoms with Crippen LogP contribution in [0, 0.1) is 21.7 Å². The van der Waals surface area contributed by atoms with Crippen molar-refractivity contribution in [1.82, 2.24) is 30.0 Å². The van der Waals surface area contributed by atoms with Crippen LogP contribution in [0.5, 0.6) is 0 Å². The Morgan fingerprint density at radius 1 is 1.03 bits per heavy atom. The molecule has 12 heteroatoms. The maximum absolute atomic E-state index is 13.5. The van der Waals surface area contributed by atoms with E-state index in [-0.39, 0.29) is 11.6 Å². The molecule has 0 atom stereocenters. The summed E-state index contributed by atoms with van der Waals surface area (Å²) in [5.41, 5.74) is 0.632. The van der Waals surface area contributed by atoms with Crippen molar-refractivity contribution < 1.29 is 18.5 Å². The molecule has 3 aromatic rings. The highest BCUT2D eigenvalue weighted by Crippen LogP contribution is 2.17. The monoisotopic (exact) mass is 429 g/mol. The fourth-order valence-electron chi connectivity index (χ4n) is 3.34. The highest BCUT2D eigenvalue weighted by atomic mass is 19.2. The molecule has 1 amide bonds. The summed E-state index contributed by atoms with van der Waals surface area (Å²) < 4.78 is 28.1. The van der Waals surface area contributed by atoms with E-state index in [1.807, 2.05) is 4.90 Å². The van der Waals surface area contributed by atoms with Gasteiger partial charge in [-0.1, -0.05) is 0 Å². The molecule has 2 heterocycles. The van der Waals surface area contributed by atoms with Gasteiger partial charge in [-0.05, 0) is 34.7 Å². The minimum absolute atomic E-state index is 0.0693. The Bertz CT molecular complexity index is 1110. The normalized spacial score (nSPS) is 14.6. The number of hydrogen-bond acceptors (Lipinski definition) is 7. The van der Waals surface area contributed by atoms with Gasteiger partial charge in [0.05, 0.1) is 17.2 Å². The summed E-state index contributed by atoms with van der Waals surface area (Å²) in [6, 6.07) is 8.93. The van der Waals surface area contributed by atoms with Crippen LogP contribution in [0.15, 0.2) is 42.5 Å². The van der Waals surface area contributed by atoms with Crippen LogP contribution in [-0.2, 0) is 6.54 Å². The van der Waals surface area contributed by atoms with Gasteiger partial charge in [-0.25, -0.2) is 8.78 Å². The molecule has 10 nitrogen and oxygen atoms in total. The predicted octanol–water partition coefficient (Wildman–Crippen LogP) is 1.81. The summed E-state index contributed by atoms with van der Waals surface area (Å²) in [7, 11) is 0. The van der Waals surface area contributed by atoms with E-state index < -0.39 is 16.6 Å². The highest BCUT2D eigenvalue weighted by Gasteiger charge is 2.24. The summed E-state index contributed by atoms with van der Waals surface area (Å²) in [6.07, 6.45) is 0. The molecule has 0 unspecified atom stereocenters. The van der Waals surface area contributed by atoms with Gasteiger partial charge in [-0.3, -0.25) is 19.8 Å². The number of aromatic nitrogens is 4. The lowest BCUT2D eigenvalue weighted by molar-refractivity contribution is -0.384. The highest BCUT2D eigenvalue weighted by molar-refractivity contribution is 5.94. The van der Waals surface area contributed by atoms with Crippen LogP contribution in [0.1, 0.15) is 16.2 Å². The second-order valence-corrected chi connectivity index (χ2v) is 6.98. The first-order valence-corrected chi connectivity index (χ1v) is 9.41. The first-order chi connectivity index (χ1) is 14.9. The Morgan fingerprint density at radius 2 is 1.74 bits per heavy atom. The zero-order chi connectivity index (χ0) is 22.0. The van der Waals surface area contributed by atoms with Crippen molar-refractivity contribution >= 4 is 11.6 Å². The van der Waals surface area contributed by atoms with Crippen LogP contribution >= 0.6 is 0 Å². The number of rotatable bonds is 5. The average Bonchev–Trinajstić information content (AvgIpc) is 3.24. The van der Waals surface area contributed by atoms with Crippen LogP contribution < -0.4 is 0 Å². The number of nitro groups is 1. The number of amides is 1. The molecule has 0 radical (unpaired) electrons. The molecular formula is C19H17F2N7O3. The lowest BCUT2D eigenvalue weighted by Gasteiger charge is -2.34. The third-order valence-corrected chi connectivity index (χ3v) is 5.03. The third-order valence-electron chi connectivity index (χ3n) is 5.03. The van der Waals surface area contributed by atoms with E-state index >= 15 is 0 Å². The quantitative estimate of drug-likeness (QED) is 0.449. The van der Waals surface area contributed by atoms with Gasteiger partial charge >= 0.3 is 0 Å². The number of nitro benzene ring substituents is 1. The van der Waals surface area contributed by atoms with Crippen LogP contribution in [0.3, 0.4) is 0 Å². The molecule has 1 saturated heterocycles. The van der Waals surface area contributed by atoms with Gasteiger partial charge in [0.25, 0.3) is 11.6 Å². The van der Waals surface area contributed by atoms with Crippen LogP contribution in [-0.4, -0.2) is 67.0 Å². The molecule has 0 N–H and O–H groups in total. The number of piperazine rings is 1. The second kappa shape index (κ2) is 8.52. The summed E-state index contributed by atoms with van der Waals surface area (Å²) in [6.45, 7) is 2.41. The number of hydrogen-bond donors (Lipinski definition) is 0. The van der Waals surface area contributed by atoms with Crippen molar-refractivity contribution in [3.05, 3.63) is 75.6 Å². The standard InChI is InChI=1S/C19H17F2N7O3/c20-16-6-5-15(11-17(16)21)27-18(22-23-24-27)12-25-7-9-26(10-8-25)19(29)13-1-3-14(4-2-13)28(30)31/h1-6,11H,7-10,12H2. The Kier molecular flexibility index (Phi) is 5.62. The van der Waals surface area contributed by atoms with E-state index in [0.717, 1.165) is 12.1 Å². The first-order valence-electron chi connectivity index (χ1n) is 9.41. The van der Waals surface area contributed by atoms with Crippen LogP contribution in [0.25, 0.3) is 5.69 Å². The first kappa shape index (κ1) is 20.5. The maximum atomic E-state index is 13.5. The van der Waals surface area contributed by atoms with Gasteiger partial charge in [0.1, 0.15) is 0 Å². The molecule has 1 fully saturated rings. The number of carbonyl (C=O) groups is 1. The molecule has 1 aromatic heterocycles. The summed E-state index contributed by atoms with van der Waals surface area (Å²) in [5, 5.41) is 22.2. The molecule has 0 spiro atoms. The van der Waals surface area contributed by atoms with E-state index in [4.69, 9.17) is 0 Å². The minimum Gasteiger partial charge on any atom is -0.336 e. The number of nitrogens with zero attached hydrogens (tertiary/aromatic N) is 7. The fraction of sp³-hybridized carbons (Fsp3) is 0.263. The van der Waals surface area contributed by atoms with Gasteiger partial charge in [0.15, 0.2) is 17.5 Å². The van der Waals surface area contributed by atoms with Crippen molar-refractivity contribution in [3.63, 3.8) is 0 Å². The second-order valence-electron chi connectivity index (χ2n) is 6.98. The van der Waals surface area contributed by atoms with Gasteiger partial charge in [-0.15, -0.1) is 5.10 Å². The molecule has 0 bridgehead atoms. The smallest absolute Gasteiger partial charge is 0.269 e. The lowest BCUT2D eigenvalue weighted by atomic mass is 10.1. The number of tetrazole rings is 1. The van der Waals surface area contributed by atoms with E-state index in [0.29, 0.717) is 49.8 Å². The van der Waals surface area contributed by atoms with Gasteiger partial charge < -0.3 is 4.90 Å². The van der Waals surface area contributed by atoms with E-state index in [1.54, 1.807) is 4.90 Å². The number of halogens is 2. The summed E-state index contributed by atoms with van der Waals surface area (Å²) in [4.78, 5) is 26.6. The Hall–Kier alpha value is -3.80. The molecular weight excluding hydrogens is 412 g/mol. The molecule has 0 saturated carbocycles.